The van der Waals surface area contributed by atoms with Crippen molar-refractivity contribution >= 4 is 10.9 Å². The Morgan fingerprint density at radius 3 is 2.95 bits per heavy atom. The number of nitrogens with one attached hydrogen (secondary N) is 1. The highest BCUT2D eigenvalue weighted by Gasteiger charge is 2.04. The summed E-state index contributed by atoms with van der Waals surface area (Å²) >= 11 is 0. The van der Waals surface area contributed by atoms with Crippen LogP contribution in [0.5, 0.6) is 5.75 Å². The molecule has 0 fully saturated rings. The van der Waals surface area contributed by atoms with Crippen LogP contribution in [-0.4, -0.2) is 10.1 Å². The van der Waals surface area contributed by atoms with Crippen molar-refractivity contribution in [3.05, 3.63) is 47.5 Å². The highest BCUT2D eigenvalue weighted by Crippen LogP contribution is 2.22. The smallest absolute Gasteiger partial charge is 0.134 e. The normalized spacial score (nSPS) is 11.1. The number of hydrogen-bond donors (Lipinski definition) is 2. The van der Waals surface area contributed by atoms with Gasteiger partial charge in [-0.2, -0.15) is 0 Å². The van der Waals surface area contributed by atoms with Crippen LogP contribution < -0.4 is 10.5 Å². The molecule has 3 rings (SSSR count). The van der Waals surface area contributed by atoms with E-state index in [1.54, 1.807) is 0 Å². The molecule has 98 valence electrons. The Balaban J connectivity index is 1.77. The number of aryl methyl sites for hydroxylation is 1. The average Bonchev–Trinajstić information content (AvgIpc) is 3.01. The van der Waals surface area contributed by atoms with E-state index in [1.165, 1.54) is 0 Å². The second-order valence-electron chi connectivity index (χ2n) is 4.47. The van der Waals surface area contributed by atoms with E-state index in [4.69, 9.17) is 15.0 Å². The second-order valence-corrected chi connectivity index (χ2v) is 4.47. The van der Waals surface area contributed by atoms with Crippen LogP contribution in [0.3, 0.4) is 0 Å². The lowest BCUT2D eigenvalue weighted by Crippen LogP contribution is -1.95. The lowest BCUT2D eigenvalue weighted by molar-refractivity contribution is 0.288. The number of ether oxygens (including phenoxy) is 1. The summed E-state index contributed by atoms with van der Waals surface area (Å²) in [6, 6.07) is 9.80. The SMILES string of the molecule is Cc1cc(COc2ccc3cc(CN)[nH]c3c2)no1. The van der Waals surface area contributed by atoms with Gasteiger partial charge in [0.05, 0.1) is 0 Å². The van der Waals surface area contributed by atoms with Crippen LogP contribution >= 0.6 is 0 Å². The molecule has 3 aromatic rings. The number of benzene rings is 1. The lowest BCUT2D eigenvalue weighted by Gasteiger charge is -2.03. The largest absolute Gasteiger partial charge is 0.487 e. The van der Waals surface area contributed by atoms with E-state index in [1.807, 2.05) is 37.3 Å². The summed E-state index contributed by atoms with van der Waals surface area (Å²) in [5, 5.41) is 5.02. The minimum Gasteiger partial charge on any atom is -0.487 e. The highest BCUT2D eigenvalue weighted by molar-refractivity contribution is 5.81. The third-order valence-electron chi connectivity index (χ3n) is 2.93. The molecule has 0 bridgehead atoms. The Labute approximate surface area is 110 Å². The fourth-order valence-electron chi connectivity index (χ4n) is 2.01. The second kappa shape index (κ2) is 4.78. The van der Waals surface area contributed by atoms with Gasteiger partial charge in [-0.25, -0.2) is 0 Å². The van der Waals surface area contributed by atoms with Crippen LogP contribution in [0.2, 0.25) is 0 Å². The van der Waals surface area contributed by atoms with Gasteiger partial charge in [-0.1, -0.05) is 5.16 Å². The first-order valence-corrected chi connectivity index (χ1v) is 6.11. The Morgan fingerprint density at radius 2 is 2.21 bits per heavy atom. The van der Waals surface area contributed by atoms with Crippen molar-refractivity contribution in [1.29, 1.82) is 0 Å². The Bertz CT molecular complexity index is 700. The molecule has 0 radical (unpaired) electrons. The molecule has 0 amide bonds. The summed E-state index contributed by atoms with van der Waals surface area (Å²) in [6.07, 6.45) is 0. The molecule has 0 saturated heterocycles. The standard InChI is InChI=1S/C14H15N3O2/c1-9-4-12(17-19-9)8-18-13-3-2-10-5-11(7-15)16-14(10)6-13/h2-6,16H,7-8,15H2,1H3. The van der Waals surface area contributed by atoms with Gasteiger partial charge in [-0.15, -0.1) is 0 Å². The van der Waals surface area contributed by atoms with Gasteiger partial charge in [-0.3, -0.25) is 0 Å². The van der Waals surface area contributed by atoms with Crippen molar-refractivity contribution in [3.63, 3.8) is 0 Å². The molecule has 0 saturated carbocycles. The zero-order valence-electron chi connectivity index (χ0n) is 10.6. The van der Waals surface area contributed by atoms with Gasteiger partial charge < -0.3 is 20.0 Å². The zero-order chi connectivity index (χ0) is 13.2. The molecule has 0 unspecified atom stereocenters. The monoisotopic (exact) mass is 257 g/mol. The summed E-state index contributed by atoms with van der Waals surface area (Å²) in [6.45, 7) is 2.76. The molecule has 5 heteroatoms. The molecule has 3 N–H and O–H groups in total. The van der Waals surface area contributed by atoms with Crippen LogP contribution in [0.25, 0.3) is 10.9 Å². The predicted octanol–water partition coefficient (Wildman–Crippen LogP) is 2.50. The quantitative estimate of drug-likeness (QED) is 0.752. The van der Waals surface area contributed by atoms with Gasteiger partial charge in [0.1, 0.15) is 23.8 Å². The van der Waals surface area contributed by atoms with E-state index in [9.17, 15) is 0 Å². The lowest BCUT2D eigenvalue weighted by atomic mass is 10.2. The fourth-order valence-corrected chi connectivity index (χ4v) is 2.01. The molecular weight excluding hydrogens is 242 g/mol. The van der Waals surface area contributed by atoms with Crippen molar-refractivity contribution in [3.8, 4) is 5.75 Å². The molecule has 2 heterocycles. The van der Waals surface area contributed by atoms with Crippen molar-refractivity contribution < 1.29 is 9.26 Å². The van der Waals surface area contributed by atoms with Gasteiger partial charge in [0.2, 0.25) is 0 Å². The molecule has 0 aliphatic heterocycles. The molecule has 0 aliphatic rings. The van der Waals surface area contributed by atoms with Crippen LogP contribution in [0, 0.1) is 6.92 Å². The number of rotatable bonds is 4. The highest BCUT2D eigenvalue weighted by atomic mass is 16.5. The summed E-state index contributed by atoms with van der Waals surface area (Å²) in [5.41, 5.74) is 8.43. The van der Waals surface area contributed by atoms with Crippen molar-refractivity contribution in [2.45, 2.75) is 20.1 Å². The third-order valence-corrected chi connectivity index (χ3v) is 2.93. The fraction of sp³-hybridized carbons (Fsp3) is 0.214. The first kappa shape index (κ1) is 11.8. The summed E-state index contributed by atoms with van der Waals surface area (Å²) in [5.74, 6) is 1.57. The Kier molecular flexibility index (Phi) is 2.97. The van der Waals surface area contributed by atoms with Crippen molar-refractivity contribution in [2.75, 3.05) is 0 Å². The van der Waals surface area contributed by atoms with Gasteiger partial charge in [0.15, 0.2) is 0 Å². The van der Waals surface area contributed by atoms with Crippen molar-refractivity contribution in [2.24, 2.45) is 5.73 Å². The Morgan fingerprint density at radius 1 is 1.32 bits per heavy atom. The van der Waals surface area contributed by atoms with E-state index in [2.05, 4.69) is 10.1 Å². The van der Waals surface area contributed by atoms with E-state index in [0.717, 1.165) is 33.8 Å². The van der Waals surface area contributed by atoms with Crippen LogP contribution in [0.15, 0.2) is 34.9 Å². The molecule has 1 aromatic carbocycles. The number of H-pyrrole nitrogens is 1. The summed E-state index contributed by atoms with van der Waals surface area (Å²) in [7, 11) is 0. The van der Waals surface area contributed by atoms with Crippen LogP contribution in [-0.2, 0) is 13.2 Å². The van der Waals surface area contributed by atoms with E-state index >= 15 is 0 Å². The summed E-state index contributed by atoms with van der Waals surface area (Å²) < 4.78 is 10.7. The molecule has 2 aromatic heterocycles. The first-order chi connectivity index (χ1) is 9.24. The molecule has 19 heavy (non-hydrogen) atoms. The average molecular weight is 257 g/mol. The maximum Gasteiger partial charge on any atom is 0.134 e. The minimum absolute atomic E-state index is 0.396. The topological polar surface area (TPSA) is 77.1 Å². The number of fused-ring (bicyclic) bond motifs is 1. The molecule has 0 atom stereocenters. The third kappa shape index (κ3) is 2.46. The van der Waals surface area contributed by atoms with E-state index < -0.39 is 0 Å². The Hall–Kier alpha value is -2.27. The van der Waals surface area contributed by atoms with Gasteiger partial charge >= 0.3 is 0 Å². The minimum atomic E-state index is 0.396. The molecule has 5 nitrogen and oxygen atoms in total. The van der Waals surface area contributed by atoms with Crippen LogP contribution in [0.4, 0.5) is 0 Å². The van der Waals surface area contributed by atoms with E-state index in [0.29, 0.717) is 13.2 Å². The van der Waals surface area contributed by atoms with Crippen molar-refractivity contribution in [1.82, 2.24) is 10.1 Å². The zero-order valence-corrected chi connectivity index (χ0v) is 10.6. The number of nitrogens with zero attached hydrogens (tertiary/aromatic N) is 1. The summed E-state index contributed by atoms with van der Waals surface area (Å²) in [4.78, 5) is 3.25. The van der Waals surface area contributed by atoms with Gasteiger partial charge in [-0.05, 0) is 30.5 Å². The van der Waals surface area contributed by atoms with Gasteiger partial charge in [0.25, 0.3) is 0 Å². The molecule has 0 spiro atoms. The van der Waals surface area contributed by atoms with Gasteiger partial charge in [0, 0.05) is 29.9 Å². The number of aromatic amines is 1. The maximum atomic E-state index is 5.68. The number of aromatic nitrogens is 2. The molecular formula is C14H15N3O2. The number of nitrogens with two attached hydrogens (primary N) is 1. The predicted molar refractivity (Wildman–Crippen MR) is 71.8 cm³/mol. The maximum absolute atomic E-state index is 5.68. The molecule has 0 aliphatic carbocycles. The van der Waals surface area contributed by atoms with E-state index in [-0.39, 0.29) is 0 Å². The first-order valence-electron chi connectivity index (χ1n) is 6.11. The van der Waals surface area contributed by atoms with Crippen LogP contribution in [0.1, 0.15) is 17.1 Å². The number of hydrogen-bond acceptors (Lipinski definition) is 4.